The Labute approximate surface area is 110 Å². The van der Waals surface area contributed by atoms with E-state index in [4.69, 9.17) is 10.5 Å². The molecule has 2 atom stereocenters. The van der Waals surface area contributed by atoms with Crippen LogP contribution in [-0.4, -0.2) is 30.1 Å². The predicted octanol–water partition coefficient (Wildman–Crippen LogP) is 2.97. The molecule has 0 bridgehead atoms. The zero-order valence-electron chi connectivity index (χ0n) is 11.4. The van der Waals surface area contributed by atoms with E-state index in [1.807, 2.05) is 13.2 Å². The first-order chi connectivity index (χ1) is 8.11. The summed E-state index contributed by atoms with van der Waals surface area (Å²) >= 11 is 1.70. The van der Waals surface area contributed by atoms with E-state index >= 15 is 0 Å². The number of hydrogen-bond donors (Lipinski definition) is 1. The van der Waals surface area contributed by atoms with Crippen LogP contribution in [0, 0.1) is 0 Å². The molecule has 0 saturated heterocycles. The molecule has 102 valence electrons. The Bertz CT molecular complexity index is 200. The lowest BCUT2D eigenvalue weighted by atomic mass is 10.1. The third kappa shape index (κ3) is 9.48. The second-order valence-corrected chi connectivity index (χ2v) is 5.47. The lowest BCUT2D eigenvalue weighted by Gasteiger charge is -2.16. The molecule has 0 aromatic heterocycles. The average Bonchev–Trinajstić information content (AvgIpc) is 2.31. The Morgan fingerprint density at radius 3 is 2.59 bits per heavy atom. The van der Waals surface area contributed by atoms with Crippen molar-refractivity contribution in [3.05, 3.63) is 0 Å². The summed E-state index contributed by atoms with van der Waals surface area (Å²) < 4.78 is 5.32. The number of esters is 1. The number of carbonyl (C=O) groups excluding carboxylic acids is 1. The van der Waals surface area contributed by atoms with Crippen LogP contribution in [0.1, 0.15) is 52.4 Å². The monoisotopic (exact) mass is 261 g/mol. The van der Waals surface area contributed by atoms with Crippen LogP contribution in [0.5, 0.6) is 0 Å². The van der Waals surface area contributed by atoms with Gasteiger partial charge in [-0.15, -0.1) is 0 Å². The number of nitrogens with two attached hydrogens (primary N) is 1. The van der Waals surface area contributed by atoms with Crippen molar-refractivity contribution in [3.63, 3.8) is 0 Å². The first-order valence-corrected chi connectivity index (χ1v) is 7.96. The van der Waals surface area contributed by atoms with Crippen molar-refractivity contribution in [1.29, 1.82) is 0 Å². The Morgan fingerprint density at radius 1 is 1.29 bits per heavy atom. The summed E-state index contributed by atoms with van der Waals surface area (Å²) in [5, 5.41) is 0. The minimum Gasteiger partial charge on any atom is -0.462 e. The second kappa shape index (κ2) is 10.9. The Balaban J connectivity index is 3.63. The number of hydrogen-bond acceptors (Lipinski definition) is 4. The van der Waals surface area contributed by atoms with E-state index < -0.39 is 6.04 Å². The highest BCUT2D eigenvalue weighted by atomic mass is 32.2. The average molecular weight is 261 g/mol. The van der Waals surface area contributed by atoms with Crippen LogP contribution in [0.25, 0.3) is 0 Å². The van der Waals surface area contributed by atoms with Crippen LogP contribution in [0.4, 0.5) is 0 Å². The van der Waals surface area contributed by atoms with Gasteiger partial charge in [0.15, 0.2) is 0 Å². The molecule has 4 heteroatoms. The molecular formula is C13H27NO2S. The SMILES string of the molecule is CCCCCC[C@@H](C)OC(=O)[C@H](N)CCSC. The van der Waals surface area contributed by atoms with Crippen molar-refractivity contribution in [2.75, 3.05) is 12.0 Å². The van der Waals surface area contributed by atoms with E-state index in [1.54, 1.807) is 11.8 Å². The highest BCUT2D eigenvalue weighted by Crippen LogP contribution is 2.09. The summed E-state index contributed by atoms with van der Waals surface area (Å²) in [5.74, 6) is 0.656. The van der Waals surface area contributed by atoms with E-state index in [1.165, 1.54) is 19.3 Å². The van der Waals surface area contributed by atoms with Crippen molar-refractivity contribution < 1.29 is 9.53 Å². The topological polar surface area (TPSA) is 52.3 Å². The predicted molar refractivity (Wildman–Crippen MR) is 75.3 cm³/mol. The molecule has 0 heterocycles. The van der Waals surface area contributed by atoms with E-state index in [9.17, 15) is 4.79 Å². The van der Waals surface area contributed by atoms with Crippen LogP contribution in [0.15, 0.2) is 0 Å². The van der Waals surface area contributed by atoms with Gasteiger partial charge in [0.05, 0.1) is 6.10 Å². The molecular weight excluding hydrogens is 234 g/mol. The molecule has 0 aliphatic carbocycles. The Kier molecular flexibility index (Phi) is 10.8. The number of thioether (sulfide) groups is 1. The fourth-order valence-corrected chi connectivity index (χ4v) is 2.06. The van der Waals surface area contributed by atoms with Gasteiger partial charge in [0, 0.05) is 0 Å². The molecule has 0 aromatic carbocycles. The summed E-state index contributed by atoms with van der Waals surface area (Å²) in [5.41, 5.74) is 5.74. The highest BCUT2D eigenvalue weighted by Gasteiger charge is 2.17. The Morgan fingerprint density at radius 2 is 2.00 bits per heavy atom. The summed E-state index contributed by atoms with van der Waals surface area (Å²) in [7, 11) is 0. The standard InChI is InChI=1S/C13H27NO2S/c1-4-5-6-7-8-11(2)16-13(15)12(14)9-10-17-3/h11-12H,4-10,14H2,1-3H3/t11-,12-/m1/s1. The van der Waals surface area contributed by atoms with E-state index in [2.05, 4.69) is 6.92 Å². The molecule has 0 unspecified atom stereocenters. The quantitative estimate of drug-likeness (QED) is 0.485. The summed E-state index contributed by atoms with van der Waals surface area (Å²) in [6.45, 7) is 4.14. The lowest BCUT2D eigenvalue weighted by molar-refractivity contribution is -0.150. The molecule has 0 aliphatic heterocycles. The van der Waals surface area contributed by atoms with Gasteiger partial charge in [-0.2, -0.15) is 11.8 Å². The van der Waals surface area contributed by atoms with Gasteiger partial charge in [-0.05, 0) is 38.2 Å². The van der Waals surface area contributed by atoms with Crippen LogP contribution in [0.3, 0.4) is 0 Å². The molecule has 0 spiro atoms. The largest absolute Gasteiger partial charge is 0.462 e. The number of unbranched alkanes of at least 4 members (excludes halogenated alkanes) is 3. The molecule has 0 saturated carbocycles. The van der Waals surface area contributed by atoms with Crippen molar-refractivity contribution in [2.24, 2.45) is 5.73 Å². The smallest absolute Gasteiger partial charge is 0.323 e. The van der Waals surface area contributed by atoms with Gasteiger partial charge in [0.1, 0.15) is 6.04 Å². The highest BCUT2D eigenvalue weighted by molar-refractivity contribution is 7.98. The van der Waals surface area contributed by atoms with Gasteiger partial charge < -0.3 is 10.5 Å². The van der Waals surface area contributed by atoms with Gasteiger partial charge in [-0.3, -0.25) is 4.79 Å². The van der Waals surface area contributed by atoms with Crippen LogP contribution >= 0.6 is 11.8 Å². The molecule has 3 nitrogen and oxygen atoms in total. The molecule has 0 aliphatic rings. The molecule has 0 fully saturated rings. The van der Waals surface area contributed by atoms with Gasteiger partial charge in [0.25, 0.3) is 0 Å². The molecule has 0 rings (SSSR count). The van der Waals surface area contributed by atoms with E-state index in [-0.39, 0.29) is 12.1 Å². The number of ether oxygens (including phenoxy) is 1. The van der Waals surface area contributed by atoms with Crippen LogP contribution < -0.4 is 5.73 Å². The van der Waals surface area contributed by atoms with Gasteiger partial charge in [-0.1, -0.05) is 26.2 Å². The lowest BCUT2D eigenvalue weighted by Crippen LogP contribution is -2.34. The van der Waals surface area contributed by atoms with Crippen molar-refractivity contribution in [2.45, 2.75) is 64.5 Å². The zero-order valence-corrected chi connectivity index (χ0v) is 12.2. The molecule has 0 radical (unpaired) electrons. The third-order valence-corrected chi connectivity index (χ3v) is 3.36. The zero-order chi connectivity index (χ0) is 13.1. The molecule has 0 amide bonds. The minimum atomic E-state index is -0.458. The maximum absolute atomic E-state index is 11.6. The Hall–Kier alpha value is -0.220. The third-order valence-electron chi connectivity index (χ3n) is 2.72. The molecule has 0 aromatic rings. The minimum absolute atomic E-state index is 0.000291. The maximum atomic E-state index is 11.6. The summed E-state index contributed by atoms with van der Waals surface area (Å²) in [4.78, 5) is 11.6. The fourth-order valence-electron chi connectivity index (χ4n) is 1.57. The van der Waals surface area contributed by atoms with Gasteiger partial charge in [-0.25, -0.2) is 0 Å². The van der Waals surface area contributed by atoms with Crippen molar-refractivity contribution in [1.82, 2.24) is 0 Å². The first kappa shape index (κ1) is 16.8. The molecule has 2 N–H and O–H groups in total. The second-order valence-electron chi connectivity index (χ2n) is 4.48. The number of carbonyl (C=O) groups is 1. The normalized spacial score (nSPS) is 14.4. The van der Waals surface area contributed by atoms with E-state index in [0.29, 0.717) is 6.42 Å². The fraction of sp³-hybridized carbons (Fsp3) is 0.923. The van der Waals surface area contributed by atoms with Crippen molar-refractivity contribution >= 4 is 17.7 Å². The van der Waals surface area contributed by atoms with Crippen LogP contribution in [0.2, 0.25) is 0 Å². The van der Waals surface area contributed by atoms with Crippen molar-refractivity contribution in [3.8, 4) is 0 Å². The van der Waals surface area contributed by atoms with Gasteiger partial charge >= 0.3 is 5.97 Å². The van der Waals surface area contributed by atoms with Crippen LogP contribution in [-0.2, 0) is 9.53 Å². The van der Waals surface area contributed by atoms with E-state index in [0.717, 1.165) is 18.6 Å². The van der Waals surface area contributed by atoms with Gasteiger partial charge in [0.2, 0.25) is 0 Å². The maximum Gasteiger partial charge on any atom is 0.323 e. The number of rotatable bonds is 10. The summed E-state index contributed by atoms with van der Waals surface area (Å²) in [6, 6.07) is -0.458. The first-order valence-electron chi connectivity index (χ1n) is 6.56. The molecule has 17 heavy (non-hydrogen) atoms. The summed E-state index contributed by atoms with van der Waals surface area (Å²) in [6.07, 6.45) is 8.48.